The number of carbonyl (C=O) groups excluding carboxylic acids is 1. The number of hydrogen-bond acceptors (Lipinski definition) is 5. The molecule has 0 bridgehead atoms. The Labute approximate surface area is 179 Å². The second kappa shape index (κ2) is 8.62. The normalized spacial score (nSPS) is 19.2. The maximum atomic E-state index is 13.3. The number of ether oxygens (including phenoxy) is 1. The van der Waals surface area contributed by atoms with E-state index in [0.29, 0.717) is 29.1 Å². The van der Waals surface area contributed by atoms with Gasteiger partial charge >= 0.3 is 0 Å². The molecule has 4 rings (SSSR count). The van der Waals surface area contributed by atoms with E-state index in [9.17, 15) is 9.59 Å². The van der Waals surface area contributed by atoms with Gasteiger partial charge in [0, 0.05) is 13.1 Å². The summed E-state index contributed by atoms with van der Waals surface area (Å²) in [5, 5.41) is 1.08. The summed E-state index contributed by atoms with van der Waals surface area (Å²) in [4.78, 5) is 32.6. The molecule has 6 nitrogen and oxygen atoms in total. The van der Waals surface area contributed by atoms with E-state index in [-0.39, 0.29) is 29.4 Å². The average Bonchev–Trinajstić information content (AvgIpc) is 2.72. The molecule has 0 spiro atoms. The molecule has 1 aliphatic heterocycles. The Bertz CT molecular complexity index is 1120. The monoisotopic (exact) mass is 423 g/mol. The van der Waals surface area contributed by atoms with Crippen LogP contribution in [0.1, 0.15) is 19.4 Å². The average molecular weight is 424 g/mol. The van der Waals surface area contributed by atoms with Crippen molar-refractivity contribution >= 4 is 28.6 Å². The Morgan fingerprint density at radius 2 is 1.77 bits per heavy atom. The lowest BCUT2D eigenvalue weighted by Gasteiger charge is -2.35. The number of carbonyl (C=O) groups is 1. The van der Waals surface area contributed by atoms with Gasteiger partial charge in [-0.15, -0.1) is 0 Å². The number of aromatic nitrogens is 2. The van der Waals surface area contributed by atoms with E-state index in [0.717, 1.165) is 11.3 Å². The fourth-order valence-corrected chi connectivity index (χ4v) is 4.65. The van der Waals surface area contributed by atoms with Crippen LogP contribution in [0.15, 0.2) is 58.5 Å². The maximum Gasteiger partial charge on any atom is 0.266 e. The fraction of sp³-hybridized carbons (Fsp3) is 0.348. The minimum Gasteiger partial charge on any atom is -0.372 e. The molecule has 30 heavy (non-hydrogen) atoms. The lowest BCUT2D eigenvalue weighted by molar-refractivity contribution is -0.140. The van der Waals surface area contributed by atoms with E-state index in [4.69, 9.17) is 9.72 Å². The molecule has 7 heteroatoms. The zero-order valence-corrected chi connectivity index (χ0v) is 18.2. The Morgan fingerprint density at radius 3 is 2.47 bits per heavy atom. The summed E-state index contributed by atoms with van der Waals surface area (Å²) in [7, 11) is 0. The van der Waals surface area contributed by atoms with Gasteiger partial charge in [0.1, 0.15) is 0 Å². The van der Waals surface area contributed by atoms with Crippen molar-refractivity contribution in [1.82, 2.24) is 14.5 Å². The van der Waals surface area contributed by atoms with Crippen molar-refractivity contribution in [3.05, 3.63) is 64.4 Å². The van der Waals surface area contributed by atoms with Gasteiger partial charge in [-0.1, -0.05) is 41.6 Å². The Kier molecular flexibility index (Phi) is 5.92. The molecule has 2 heterocycles. The number of fused-ring (bicyclic) bond motifs is 1. The predicted molar refractivity (Wildman–Crippen MR) is 119 cm³/mol. The van der Waals surface area contributed by atoms with Gasteiger partial charge in [0.15, 0.2) is 5.16 Å². The molecule has 0 aliphatic carbocycles. The number of thioether (sulfide) groups is 1. The minimum atomic E-state index is -0.131. The first-order valence-electron chi connectivity index (χ1n) is 10.1. The highest BCUT2D eigenvalue weighted by molar-refractivity contribution is 7.99. The summed E-state index contributed by atoms with van der Waals surface area (Å²) in [6, 6.07) is 15.1. The number of nitrogens with zero attached hydrogens (tertiary/aromatic N) is 3. The van der Waals surface area contributed by atoms with Crippen LogP contribution in [0.2, 0.25) is 0 Å². The second-order valence-electron chi connectivity index (χ2n) is 7.73. The van der Waals surface area contributed by atoms with E-state index in [1.54, 1.807) is 10.6 Å². The summed E-state index contributed by atoms with van der Waals surface area (Å²) in [5.41, 5.74) is 2.36. The molecule has 0 unspecified atom stereocenters. The van der Waals surface area contributed by atoms with Crippen LogP contribution in [-0.2, 0) is 9.53 Å². The molecule has 0 radical (unpaired) electrons. The van der Waals surface area contributed by atoms with E-state index >= 15 is 0 Å². The van der Waals surface area contributed by atoms with E-state index in [2.05, 4.69) is 0 Å². The highest BCUT2D eigenvalue weighted by Gasteiger charge is 2.26. The number of rotatable bonds is 4. The zero-order chi connectivity index (χ0) is 21.3. The number of hydrogen-bond donors (Lipinski definition) is 0. The smallest absolute Gasteiger partial charge is 0.266 e. The van der Waals surface area contributed by atoms with Crippen LogP contribution in [0.5, 0.6) is 0 Å². The summed E-state index contributed by atoms with van der Waals surface area (Å²) in [5.74, 6) is 0.246. The number of aryl methyl sites for hydroxylation is 1. The van der Waals surface area contributed by atoms with Crippen molar-refractivity contribution in [2.75, 3.05) is 18.8 Å². The molecule has 1 aromatic heterocycles. The van der Waals surface area contributed by atoms with Crippen LogP contribution in [0.4, 0.5) is 0 Å². The molecule has 1 aliphatic rings. The molecular weight excluding hydrogens is 398 g/mol. The van der Waals surface area contributed by atoms with Crippen molar-refractivity contribution in [3.63, 3.8) is 0 Å². The fourth-order valence-electron chi connectivity index (χ4n) is 3.73. The summed E-state index contributed by atoms with van der Waals surface area (Å²) in [6.07, 6.45) is 0.0412. The van der Waals surface area contributed by atoms with Crippen LogP contribution < -0.4 is 5.56 Å². The van der Waals surface area contributed by atoms with Crippen LogP contribution in [0.3, 0.4) is 0 Å². The first kappa shape index (κ1) is 20.6. The first-order chi connectivity index (χ1) is 14.4. The summed E-state index contributed by atoms with van der Waals surface area (Å²) in [6.45, 7) is 7.12. The molecule has 2 atom stereocenters. The van der Waals surface area contributed by atoms with Crippen LogP contribution >= 0.6 is 11.8 Å². The third kappa shape index (κ3) is 4.27. The molecule has 3 aromatic rings. The standard InChI is InChI=1S/C23H25N3O3S/c1-15-8-10-18(11-9-15)26-22(28)19-6-4-5-7-20(19)24-23(26)30-14-21(27)25-12-16(2)29-17(3)13-25/h4-11,16-17H,12-14H2,1-3H3/t16-,17-/m0/s1. The Morgan fingerprint density at radius 1 is 1.10 bits per heavy atom. The van der Waals surface area contributed by atoms with Gasteiger partial charge in [0.2, 0.25) is 5.91 Å². The van der Waals surface area contributed by atoms with Crippen LogP contribution in [0, 0.1) is 6.92 Å². The number of para-hydroxylation sites is 1. The van der Waals surface area contributed by atoms with Crippen LogP contribution in [-0.4, -0.2) is 51.4 Å². The molecule has 0 saturated carbocycles. The summed E-state index contributed by atoms with van der Waals surface area (Å²) >= 11 is 1.30. The van der Waals surface area contributed by atoms with E-state index < -0.39 is 0 Å². The molecule has 1 amide bonds. The van der Waals surface area contributed by atoms with Crippen molar-refractivity contribution in [1.29, 1.82) is 0 Å². The third-order valence-electron chi connectivity index (χ3n) is 5.13. The second-order valence-corrected chi connectivity index (χ2v) is 8.67. The molecule has 0 N–H and O–H groups in total. The van der Waals surface area contributed by atoms with Gasteiger partial charge in [-0.3, -0.25) is 14.2 Å². The maximum absolute atomic E-state index is 13.3. The highest BCUT2D eigenvalue weighted by Crippen LogP contribution is 2.23. The predicted octanol–water partition coefficient (Wildman–Crippen LogP) is 3.42. The first-order valence-corrected chi connectivity index (χ1v) is 11.1. The van der Waals surface area contributed by atoms with E-state index in [1.807, 2.05) is 68.1 Å². The largest absolute Gasteiger partial charge is 0.372 e. The zero-order valence-electron chi connectivity index (χ0n) is 17.4. The minimum absolute atomic E-state index is 0.0206. The number of benzene rings is 2. The lowest BCUT2D eigenvalue weighted by atomic mass is 10.2. The summed E-state index contributed by atoms with van der Waals surface area (Å²) < 4.78 is 7.32. The number of morpholine rings is 1. The van der Waals surface area contributed by atoms with Crippen molar-refractivity contribution in [2.45, 2.75) is 38.1 Å². The van der Waals surface area contributed by atoms with Gasteiger partial charge in [-0.05, 0) is 45.0 Å². The quantitative estimate of drug-likeness (QED) is 0.475. The number of amides is 1. The van der Waals surface area contributed by atoms with Gasteiger partial charge < -0.3 is 9.64 Å². The molecule has 2 aromatic carbocycles. The highest BCUT2D eigenvalue weighted by atomic mass is 32.2. The Balaban J connectivity index is 1.67. The molecule has 156 valence electrons. The van der Waals surface area contributed by atoms with Gasteiger partial charge in [-0.2, -0.15) is 0 Å². The van der Waals surface area contributed by atoms with Crippen LogP contribution in [0.25, 0.3) is 16.6 Å². The molecule has 1 fully saturated rings. The van der Waals surface area contributed by atoms with Crippen molar-refractivity contribution in [3.8, 4) is 5.69 Å². The van der Waals surface area contributed by atoms with Gasteiger partial charge in [0.05, 0.1) is 34.6 Å². The van der Waals surface area contributed by atoms with Crippen molar-refractivity contribution < 1.29 is 9.53 Å². The molecule has 1 saturated heterocycles. The molecular formula is C23H25N3O3S. The van der Waals surface area contributed by atoms with E-state index in [1.165, 1.54) is 11.8 Å². The van der Waals surface area contributed by atoms with Gasteiger partial charge in [-0.25, -0.2) is 4.98 Å². The van der Waals surface area contributed by atoms with Gasteiger partial charge in [0.25, 0.3) is 5.56 Å². The van der Waals surface area contributed by atoms with Crippen molar-refractivity contribution in [2.24, 2.45) is 0 Å². The third-order valence-corrected chi connectivity index (χ3v) is 6.06. The lowest BCUT2D eigenvalue weighted by Crippen LogP contribution is -2.48. The SMILES string of the molecule is Cc1ccc(-n2c(SCC(=O)N3C[C@H](C)O[C@@H](C)C3)nc3ccccc3c2=O)cc1. The topological polar surface area (TPSA) is 64.4 Å². The Hall–Kier alpha value is -2.64.